The van der Waals surface area contributed by atoms with Crippen LogP contribution < -0.4 is 5.32 Å². The molecule has 1 aliphatic rings. The summed E-state index contributed by atoms with van der Waals surface area (Å²) in [5.74, 6) is -0.871. The number of hydrogen-bond acceptors (Lipinski definition) is 2. The van der Waals surface area contributed by atoms with Crippen molar-refractivity contribution in [3.63, 3.8) is 0 Å². The monoisotopic (exact) mass is 217 g/mol. The smallest absolute Gasteiger partial charge is 0.335 e. The largest absolute Gasteiger partial charge is 0.478 e. The number of benzene rings is 1. The minimum absolute atomic E-state index is 0.351. The Morgan fingerprint density at radius 1 is 1.38 bits per heavy atom. The van der Waals surface area contributed by atoms with Gasteiger partial charge in [-0.25, -0.2) is 4.79 Å². The number of aromatic carboxylic acids is 1. The van der Waals surface area contributed by atoms with Gasteiger partial charge in [-0.3, -0.25) is 0 Å². The Bertz CT molecular complexity index is 404. The Labute approximate surface area is 94.8 Å². The van der Waals surface area contributed by atoms with Crippen LogP contribution in [0.5, 0.6) is 0 Å². The van der Waals surface area contributed by atoms with Crippen molar-refractivity contribution in [1.82, 2.24) is 5.32 Å². The molecular formula is C13H15NO2. The zero-order valence-corrected chi connectivity index (χ0v) is 9.02. The Hall–Kier alpha value is -1.61. The maximum Gasteiger partial charge on any atom is 0.335 e. The van der Waals surface area contributed by atoms with E-state index in [1.54, 1.807) is 18.2 Å². The second kappa shape index (κ2) is 4.94. The zero-order chi connectivity index (χ0) is 11.4. The van der Waals surface area contributed by atoms with Gasteiger partial charge in [-0.1, -0.05) is 24.3 Å². The van der Waals surface area contributed by atoms with Gasteiger partial charge in [0.15, 0.2) is 0 Å². The molecule has 0 saturated heterocycles. The summed E-state index contributed by atoms with van der Waals surface area (Å²) in [5.41, 5.74) is 1.37. The van der Waals surface area contributed by atoms with Crippen LogP contribution in [-0.4, -0.2) is 17.1 Å². The van der Waals surface area contributed by atoms with Crippen LogP contribution in [0.1, 0.15) is 28.8 Å². The number of carboxylic acid groups (broad SMARTS) is 1. The van der Waals surface area contributed by atoms with Gasteiger partial charge in [0.1, 0.15) is 0 Å². The lowest BCUT2D eigenvalue weighted by Gasteiger charge is -2.11. The molecule has 0 fully saturated rings. The summed E-state index contributed by atoms with van der Waals surface area (Å²) >= 11 is 0. The Balaban J connectivity index is 1.93. The van der Waals surface area contributed by atoms with Crippen molar-refractivity contribution >= 4 is 5.97 Å². The lowest BCUT2D eigenvalue weighted by molar-refractivity contribution is 0.0697. The first kappa shape index (κ1) is 10.9. The highest BCUT2D eigenvalue weighted by Gasteiger charge is 2.09. The third-order valence-electron chi connectivity index (χ3n) is 2.78. The summed E-state index contributed by atoms with van der Waals surface area (Å²) in [6.45, 7) is 0.730. The summed E-state index contributed by atoms with van der Waals surface area (Å²) in [4.78, 5) is 10.8. The van der Waals surface area contributed by atoms with Gasteiger partial charge in [0.2, 0.25) is 0 Å². The van der Waals surface area contributed by atoms with E-state index in [0.717, 1.165) is 24.9 Å². The molecule has 84 valence electrons. The number of hydrogen-bond donors (Lipinski definition) is 2. The highest BCUT2D eigenvalue weighted by molar-refractivity contribution is 5.87. The standard InChI is InChI=1S/C13H15NO2/c15-13(16)11-5-3-4-10(8-11)9-14-12-6-1-2-7-12/h1-5,8,12,14H,6-7,9H2,(H,15,16). The molecule has 0 bridgehead atoms. The molecule has 0 spiro atoms. The van der Waals surface area contributed by atoms with E-state index in [2.05, 4.69) is 17.5 Å². The lowest BCUT2D eigenvalue weighted by Crippen LogP contribution is -2.25. The van der Waals surface area contributed by atoms with Crippen LogP contribution in [0.4, 0.5) is 0 Å². The van der Waals surface area contributed by atoms with Crippen molar-refractivity contribution in [3.05, 3.63) is 47.5 Å². The third kappa shape index (κ3) is 2.70. The summed E-state index contributed by atoms with van der Waals surface area (Å²) < 4.78 is 0. The van der Waals surface area contributed by atoms with E-state index in [0.29, 0.717) is 11.6 Å². The maximum absolute atomic E-state index is 10.8. The number of nitrogens with one attached hydrogen (secondary N) is 1. The normalized spacial score (nSPS) is 15.5. The van der Waals surface area contributed by atoms with Gasteiger partial charge in [-0.05, 0) is 30.5 Å². The van der Waals surface area contributed by atoms with Gasteiger partial charge in [0, 0.05) is 12.6 Å². The predicted molar refractivity (Wildman–Crippen MR) is 62.4 cm³/mol. The zero-order valence-electron chi connectivity index (χ0n) is 9.02. The van der Waals surface area contributed by atoms with Crippen LogP contribution >= 0.6 is 0 Å². The molecule has 0 unspecified atom stereocenters. The fourth-order valence-electron chi connectivity index (χ4n) is 1.86. The van der Waals surface area contributed by atoms with Crippen LogP contribution in [0.3, 0.4) is 0 Å². The maximum atomic E-state index is 10.8. The number of rotatable bonds is 4. The van der Waals surface area contributed by atoms with E-state index in [9.17, 15) is 4.79 Å². The SMILES string of the molecule is O=C(O)c1cccc(CNC2CC=CC2)c1. The molecule has 16 heavy (non-hydrogen) atoms. The first-order chi connectivity index (χ1) is 7.75. The van der Waals surface area contributed by atoms with Gasteiger partial charge in [-0.15, -0.1) is 0 Å². The Morgan fingerprint density at radius 2 is 2.12 bits per heavy atom. The van der Waals surface area contributed by atoms with E-state index in [4.69, 9.17) is 5.11 Å². The van der Waals surface area contributed by atoms with E-state index >= 15 is 0 Å². The van der Waals surface area contributed by atoms with Gasteiger partial charge < -0.3 is 10.4 Å². The van der Waals surface area contributed by atoms with Gasteiger partial charge in [0.05, 0.1) is 5.56 Å². The second-order valence-electron chi connectivity index (χ2n) is 4.03. The lowest BCUT2D eigenvalue weighted by atomic mass is 10.1. The molecule has 0 heterocycles. The molecule has 0 aliphatic heterocycles. The molecule has 0 atom stereocenters. The average molecular weight is 217 g/mol. The van der Waals surface area contributed by atoms with Crippen LogP contribution in [0.15, 0.2) is 36.4 Å². The molecule has 3 nitrogen and oxygen atoms in total. The van der Waals surface area contributed by atoms with Crippen molar-refractivity contribution in [2.75, 3.05) is 0 Å². The first-order valence-corrected chi connectivity index (χ1v) is 5.46. The van der Waals surface area contributed by atoms with Crippen molar-refractivity contribution in [3.8, 4) is 0 Å². The van der Waals surface area contributed by atoms with Gasteiger partial charge in [-0.2, -0.15) is 0 Å². The minimum Gasteiger partial charge on any atom is -0.478 e. The van der Waals surface area contributed by atoms with Crippen molar-refractivity contribution in [2.45, 2.75) is 25.4 Å². The molecule has 3 heteroatoms. The number of carbonyl (C=O) groups is 1. The van der Waals surface area contributed by atoms with Crippen LogP contribution in [0.2, 0.25) is 0 Å². The molecule has 2 rings (SSSR count). The van der Waals surface area contributed by atoms with Gasteiger partial charge in [0.25, 0.3) is 0 Å². The number of carboxylic acids is 1. The summed E-state index contributed by atoms with van der Waals surface area (Å²) in [7, 11) is 0. The highest BCUT2D eigenvalue weighted by Crippen LogP contribution is 2.11. The highest BCUT2D eigenvalue weighted by atomic mass is 16.4. The second-order valence-corrected chi connectivity index (χ2v) is 4.03. The summed E-state index contributed by atoms with van der Waals surface area (Å²) in [6, 6.07) is 7.57. The fraction of sp³-hybridized carbons (Fsp3) is 0.308. The predicted octanol–water partition coefficient (Wildman–Crippen LogP) is 2.19. The fourth-order valence-corrected chi connectivity index (χ4v) is 1.86. The van der Waals surface area contributed by atoms with E-state index in [1.165, 1.54) is 0 Å². The van der Waals surface area contributed by atoms with Crippen molar-refractivity contribution < 1.29 is 9.90 Å². The molecule has 0 aromatic heterocycles. The summed E-state index contributed by atoms with van der Waals surface area (Å²) in [6.07, 6.45) is 6.48. The van der Waals surface area contributed by atoms with Gasteiger partial charge >= 0.3 is 5.97 Å². The van der Waals surface area contributed by atoms with Crippen LogP contribution in [-0.2, 0) is 6.54 Å². The molecular weight excluding hydrogens is 202 g/mol. The molecule has 0 saturated carbocycles. The molecule has 1 aromatic carbocycles. The molecule has 0 radical (unpaired) electrons. The summed E-state index contributed by atoms with van der Waals surface area (Å²) in [5, 5.41) is 12.3. The van der Waals surface area contributed by atoms with E-state index in [1.807, 2.05) is 6.07 Å². The quantitative estimate of drug-likeness (QED) is 0.760. The Kier molecular flexibility index (Phi) is 3.37. The molecule has 1 aliphatic carbocycles. The van der Waals surface area contributed by atoms with E-state index in [-0.39, 0.29) is 0 Å². The molecule has 1 aromatic rings. The van der Waals surface area contributed by atoms with E-state index < -0.39 is 5.97 Å². The molecule has 2 N–H and O–H groups in total. The van der Waals surface area contributed by atoms with Crippen LogP contribution in [0, 0.1) is 0 Å². The van der Waals surface area contributed by atoms with Crippen LogP contribution in [0.25, 0.3) is 0 Å². The van der Waals surface area contributed by atoms with Crippen molar-refractivity contribution in [1.29, 1.82) is 0 Å². The third-order valence-corrected chi connectivity index (χ3v) is 2.78. The Morgan fingerprint density at radius 3 is 2.81 bits per heavy atom. The average Bonchev–Trinajstić information content (AvgIpc) is 2.79. The molecule has 0 amide bonds. The topological polar surface area (TPSA) is 49.3 Å². The minimum atomic E-state index is -0.871. The first-order valence-electron chi connectivity index (χ1n) is 5.46. The van der Waals surface area contributed by atoms with Crippen molar-refractivity contribution in [2.24, 2.45) is 0 Å².